The molecule has 2 amide bonds. The summed E-state index contributed by atoms with van der Waals surface area (Å²) in [7, 11) is 6.41. The number of hydrogen-bond acceptors (Lipinski definition) is 5. The number of anilines is 1. The lowest BCUT2D eigenvalue weighted by atomic mass is 10.1. The van der Waals surface area contributed by atoms with E-state index < -0.39 is 10.8 Å². The number of rotatable bonds is 5. The fourth-order valence-corrected chi connectivity index (χ4v) is 1.77. The van der Waals surface area contributed by atoms with Gasteiger partial charge in [-0.2, -0.15) is 0 Å². The van der Waals surface area contributed by atoms with Crippen molar-refractivity contribution in [2.45, 2.75) is 0 Å². The molecule has 1 N–H and O–H groups in total. The molecule has 0 aromatic heterocycles. The number of likely N-dealkylation sites (N-methyl/N-ethyl adjacent to an activating group) is 2. The van der Waals surface area contributed by atoms with Gasteiger partial charge in [-0.1, -0.05) is 0 Å². The second kappa shape index (κ2) is 6.69. The maximum atomic E-state index is 12.4. The van der Waals surface area contributed by atoms with Crippen LogP contribution in [0, 0.1) is 10.1 Å². The first-order valence-corrected chi connectivity index (χ1v) is 6.19. The van der Waals surface area contributed by atoms with Crippen molar-refractivity contribution in [2.75, 3.05) is 39.6 Å². The van der Waals surface area contributed by atoms with E-state index in [1.807, 2.05) is 0 Å². The highest BCUT2D eigenvalue weighted by Crippen LogP contribution is 2.25. The predicted octanol–water partition coefficient (Wildman–Crippen LogP) is 0.479. The Balaban J connectivity index is 3.19. The van der Waals surface area contributed by atoms with Crippen molar-refractivity contribution in [3.8, 4) is 0 Å². The number of nitrogens with one attached hydrogen (secondary N) is 1. The largest absolute Gasteiger partial charge is 0.377 e. The van der Waals surface area contributed by atoms with Crippen LogP contribution >= 0.6 is 0 Å². The minimum Gasteiger partial charge on any atom is -0.377 e. The topological polar surface area (TPSA) is 95.8 Å². The highest BCUT2D eigenvalue weighted by atomic mass is 16.6. The molecule has 0 radical (unpaired) electrons. The number of hydrogen-bond donors (Lipinski definition) is 1. The lowest BCUT2D eigenvalue weighted by Gasteiger charge is -2.21. The number of nitrogens with zero attached hydrogens (tertiary/aromatic N) is 3. The Kier molecular flexibility index (Phi) is 5.23. The summed E-state index contributed by atoms with van der Waals surface area (Å²) in [5.41, 5.74) is 0.562. The number of carbonyl (C=O) groups is 2. The molecule has 0 aliphatic carbocycles. The van der Waals surface area contributed by atoms with Crippen LogP contribution in [0.4, 0.5) is 11.4 Å². The molecule has 0 fully saturated rings. The molecule has 8 nitrogen and oxygen atoms in total. The van der Waals surface area contributed by atoms with Crippen molar-refractivity contribution >= 4 is 23.2 Å². The molecule has 0 bridgehead atoms. The molecule has 0 heterocycles. The zero-order valence-corrected chi connectivity index (χ0v) is 12.4. The summed E-state index contributed by atoms with van der Waals surface area (Å²) in [6, 6.07) is 4.07. The third-order valence-electron chi connectivity index (χ3n) is 2.91. The van der Waals surface area contributed by atoms with Crippen molar-refractivity contribution in [1.82, 2.24) is 10.2 Å². The monoisotopic (exact) mass is 294 g/mol. The van der Waals surface area contributed by atoms with Crippen LogP contribution < -0.4 is 10.2 Å². The molecule has 0 spiro atoms. The second-order valence-corrected chi connectivity index (χ2v) is 4.69. The van der Waals surface area contributed by atoms with Gasteiger partial charge in [-0.05, 0) is 6.07 Å². The number of amides is 2. The Morgan fingerprint density at radius 3 is 2.38 bits per heavy atom. The summed E-state index contributed by atoms with van der Waals surface area (Å²) < 4.78 is 0. The van der Waals surface area contributed by atoms with Gasteiger partial charge in [-0.15, -0.1) is 0 Å². The summed E-state index contributed by atoms with van der Waals surface area (Å²) in [6.45, 7) is -0.120. The maximum Gasteiger partial charge on any atom is 0.270 e. The Labute approximate surface area is 122 Å². The quantitative estimate of drug-likeness (QED) is 0.629. The van der Waals surface area contributed by atoms with E-state index in [4.69, 9.17) is 0 Å². The first-order chi connectivity index (χ1) is 9.77. The highest BCUT2D eigenvalue weighted by molar-refractivity contribution is 6.01. The molecule has 8 heteroatoms. The molecular weight excluding hydrogens is 276 g/mol. The minimum absolute atomic E-state index is 0.120. The normalized spacial score (nSPS) is 9.90. The van der Waals surface area contributed by atoms with Crippen LogP contribution in [0.2, 0.25) is 0 Å². The van der Waals surface area contributed by atoms with E-state index in [0.717, 1.165) is 0 Å². The van der Waals surface area contributed by atoms with Crippen molar-refractivity contribution < 1.29 is 14.5 Å². The van der Waals surface area contributed by atoms with Gasteiger partial charge in [0.2, 0.25) is 5.91 Å². The van der Waals surface area contributed by atoms with Crippen LogP contribution in [-0.2, 0) is 4.79 Å². The van der Waals surface area contributed by atoms with Crippen molar-refractivity contribution in [2.24, 2.45) is 0 Å². The molecule has 21 heavy (non-hydrogen) atoms. The van der Waals surface area contributed by atoms with Gasteiger partial charge in [0, 0.05) is 46.0 Å². The van der Waals surface area contributed by atoms with Crippen LogP contribution in [0.1, 0.15) is 10.4 Å². The fraction of sp³-hybridized carbons (Fsp3) is 0.385. The lowest BCUT2D eigenvalue weighted by molar-refractivity contribution is -0.384. The van der Waals surface area contributed by atoms with Gasteiger partial charge < -0.3 is 15.1 Å². The van der Waals surface area contributed by atoms with Gasteiger partial charge in [-0.3, -0.25) is 19.7 Å². The summed E-state index contributed by atoms with van der Waals surface area (Å²) in [5, 5.41) is 13.3. The van der Waals surface area contributed by atoms with E-state index >= 15 is 0 Å². The summed E-state index contributed by atoms with van der Waals surface area (Å²) >= 11 is 0. The number of benzene rings is 1. The molecule has 1 rings (SSSR count). The van der Waals surface area contributed by atoms with E-state index in [2.05, 4.69) is 5.32 Å². The third kappa shape index (κ3) is 3.91. The average Bonchev–Trinajstić information content (AvgIpc) is 2.45. The number of nitro groups is 1. The fourth-order valence-electron chi connectivity index (χ4n) is 1.77. The maximum absolute atomic E-state index is 12.4. The smallest absolute Gasteiger partial charge is 0.270 e. The predicted molar refractivity (Wildman–Crippen MR) is 78.5 cm³/mol. The molecule has 0 atom stereocenters. The van der Waals surface area contributed by atoms with Crippen LogP contribution in [0.3, 0.4) is 0 Å². The number of carbonyl (C=O) groups excluding carboxylic acids is 2. The SMILES string of the molecule is CNC(=O)CN(C)C(=O)c1cc([N+](=O)[O-])ccc1N(C)C. The highest BCUT2D eigenvalue weighted by Gasteiger charge is 2.21. The molecule has 0 aliphatic rings. The summed E-state index contributed by atoms with van der Waals surface area (Å²) in [4.78, 5) is 36.9. The first kappa shape index (κ1) is 16.4. The van der Waals surface area contributed by atoms with Gasteiger partial charge in [0.05, 0.1) is 17.0 Å². The Morgan fingerprint density at radius 2 is 1.90 bits per heavy atom. The van der Waals surface area contributed by atoms with Crippen molar-refractivity contribution in [3.05, 3.63) is 33.9 Å². The molecule has 1 aromatic carbocycles. The van der Waals surface area contributed by atoms with E-state index in [9.17, 15) is 19.7 Å². The Hall–Kier alpha value is -2.64. The first-order valence-electron chi connectivity index (χ1n) is 6.19. The Morgan fingerprint density at radius 1 is 1.29 bits per heavy atom. The molecule has 0 aliphatic heterocycles. The van der Waals surface area contributed by atoms with Crippen molar-refractivity contribution in [1.29, 1.82) is 0 Å². The molecular formula is C13H18N4O4. The third-order valence-corrected chi connectivity index (χ3v) is 2.91. The van der Waals surface area contributed by atoms with Gasteiger partial charge in [-0.25, -0.2) is 0 Å². The zero-order valence-electron chi connectivity index (χ0n) is 12.4. The van der Waals surface area contributed by atoms with Gasteiger partial charge in [0.1, 0.15) is 0 Å². The van der Waals surface area contributed by atoms with Crippen LogP contribution in [-0.4, -0.2) is 56.4 Å². The average molecular weight is 294 g/mol. The Bertz CT molecular complexity index is 571. The lowest BCUT2D eigenvalue weighted by Crippen LogP contribution is -2.37. The second-order valence-electron chi connectivity index (χ2n) is 4.69. The van der Waals surface area contributed by atoms with Crippen LogP contribution in [0.25, 0.3) is 0 Å². The van der Waals surface area contributed by atoms with E-state index in [1.165, 1.54) is 37.2 Å². The van der Waals surface area contributed by atoms with Gasteiger partial charge >= 0.3 is 0 Å². The van der Waals surface area contributed by atoms with Gasteiger partial charge in [0.25, 0.3) is 11.6 Å². The van der Waals surface area contributed by atoms with Gasteiger partial charge in [0.15, 0.2) is 0 Å². The molecule has 114 valence electrons. The molecule has 0 unspecified atom stereocenters. The van der Waals surface area contributed by atoms with E-state index in [0.29, 0.717) is 5.69 Å². The van der Waals surface area contributed by atoms with E-state index in [-0.39, 0.29) is 23.7 Å². The van der Waals surface area contributed by atoms with Crippen LogP contribution in [0.15, 0.2) is 18.2 Å². The molecule has 0 saturated carbocycles. The summed E-state index contributed by atoms with van der Waals surface area (Å²) in [5.74, 6) is -0.770. The number of non-ortho nitro benzene ring substituents is 1. The zero-order chi connectivity index (χ0) is 16.2. The summed E-state index contributed by atoms with van der Waals surface area (Å²) in [6.07, 6.45) is 0. The standard InChI is InChI=1S/C13H18N4O4/c1-14-12(18)8-16(4)13(19)10-7-9(17(20)21)5-6-11(10)15(2)3/h5-7H,8H2,1-4H3,(H,14,18). The van der Waals surface area contributed by atoms with E-state index in [1.54, 1.807) is 19.0 Å². The molecule has 1 aromatic rings. The number of nitro benzene ring substituents is 1. The van der Waals surface area contributed by atoms with Crippen molar-refractivity contribution in [3.63, 3.8) is 0 Å². The molecule has 0 saturated heterocycles. The van der Waals surface area contributed by atoms with Crippen LogP contribution in [0.5, 0.6) is 0 Å². The minimum atomic E-state index is -0.561.